The molecule has 0 aromatic heterocycles. The summed E-state index contributed by atoms with van der Waals surface area (Å²) in [5.41, 5.74) is 4.35. The lowest BCUT2D eigenvalue weighted by atomic mass is 9.97. The number of fused-ring (bicyclic) bond motifs is 2. The van der Waals surface area contributed by atoms with E-state index in [1.165, 1.54) is 7.11 Å². The van der Waals surface area contributed by atoms with Crippen molar-refractivity contribution in [3.63, 3.8) is 0 Å². The molecule has 5 heteroatoms. The second-order valence-electron chi connectivity index (χ2n) is 6.41. The molecule has 0 atom stereocenters. The molecule has 3 rings (SSSR count). The van der Waals surface area contributed by atoms with E-state index < -0.39 is 0 Å². The van der Waals surface area contributed by atoms with Crippen molar-refractivity contribution in [2.75, 3.05) is 33.3 Å². The molecular formula is C22H26N2O3. The quantitative estimate of drug-likeness (QED) is 0.734. The third-order valence-electron chi connectivity index (χ3n) is 4.89. The van der Waals surface area contributed by atoms with Crippen LogP contribution in [-0.4, -0.2) is 49.9 Å². The Balaban J connectivity index is 2.04. The smallest absolute Gasteiger partial charge is 0.337 e. The van der Waals surface area contributed by atoms with E-state index in [2.05, 4.69) is 30.9 Å². The number of nitrogens with zero attached hydrogens (tertiary/aromatic N) is 2. The average Bonchev–Trinajstić information content (AvgIpc) is 2.87. The van der Waals surface area contributed by atoms with Gasteiger partial charge in [0.1, 0.15) is 12.4 Å². The van der Waals surface area contributed by atoms with Crippen LogP contribution in [0.2, 0.25) is 0 Å². The number of ether oxygens (including phenoxy) is 2. The number of rotatable bonds is 6. The first-order valence-corrected chi connectivity index (χ1v) is 9.38. The van der Waals surface area contributed by atoms with Gasteiger partial charge in [-0.05, 0) is 36.9 Å². The second-order valence-corrected chi connectivity index (χ2v) is 6.41. The number of likely N-dealkylation sites (N-methyl/N-ethyl adjacent to an activating group) is 1. The molecular weight excluding hydrogens is 340 g/mol. The summed E-state index contributed by atoms with van der Waals surface area (Å²) >= 11 is 0. The molecule has 142 valence electrons. The fourth-order valence-electron chi connectivity index (χ4n) is 3.28. The van der Waals surface area contributed by atoms with Crippen LogP contribution in [0.3, 0.4) is 0 Å². The van der Waals surface area contributed by atoms with Crippen molar-refractivity contribution in [3.05, 3.63) is 64.7 Å². The molecule has 0 radical (unpaired) electrons. The van der Waals surface area contributed by atoms with Crippen LogP contribution in [0.25, 0.3) is 0 Å². The highest BCUT2D eigenvalue weighted by Gasteiger charge is 2.22. The number of carbonyl (C=O) groups excluding carboxylic acids is 1. The predicted molar refractivity (Wildman–Crippen MR) is 107 cm³/mol. The maximum absolute atomic E-state index is 12.0. The Hall–Kier alpha value is -2.66. The number of benzene rings is 2. The van der Waals surface area contributed by atoms with E-state index in [9.17, 15) is 4.79 Å². The highest BCUT2D eigenvalue weighted by atomic mass is 16.5. The third kappa shape index (κ3) is 4.19. The third-order valence-corrected chi connectivity index (χ3v) is 4.89. The summed E-state index contributed by atoms with van der Waals surface area (Å²) in [4.78, 5) is 19.3. The zero-order chi connectivity index (χ0) is 19.2. The van der Waals surface area contributed by atoms with E-state index in [1.54, 1.807) is 6.07 Å². The first kappa shape index (κ1) is 19.1. The lowest BCUT2D eigenvalue weighted by molar-refractivity contribution is 0.0600. The Morgan fingerprint density at radius 2 is 1.93 bits per heavy atom. The van der Waals surface area contributed by atoms with Crippen LogP contribution in [0.1, 0.15) is 40.9 Å². The summed E-state index contributed by atoms with van der Waals surface area (Å²) in [5.74, 6) is 0.373. The average molecular weight is 366 g/mol. The van der Waals surface area contributed by atoms with Gasteiger partial charge in [-0.3, -0.25) is 4.99 Å². The zero-order valence-corrected chi connectivity index (χ0v) is 16.2. The van der Waals surface area contributed by atoms with Gasteiger partial charge in [-0.25, -0.2) is 4.79 Å². The van der Waals surface area contributed by atoms with Crippen LogP contribution in [0.4, 0.5) is 0 Å². The molecule has 0 aliphatic carbocycles. The number of hydrogen-bond acceptors (Lipinski definition) is 5. The Labute approximate surface area is 160 Å². The number of carbonyl (C=O) groups is 1. The van der Waals surface area contributed by atoms with Gasteiger partial charge >= 0.3 is 5.97 Å². The van der Waals surface area contributed by atoms with Crippen molar-refractivity contribution in [1.82, 2.24) is 4.90 Å². The van der Waals surface area contributed by atoms with E-state index in [-0.39, 0.29) is 5.97 Å². The van der Waals surface area contributed by atoms with E-state index >= 15 is 0 Å². The number of hydrogen-bond donors (Lipinski definition) is 0. The molecule has 2 aromatic carbocycles. The Morgan fingerprint density at radius 1 is 1.15 bits per heavy atom. The molecule has 0 amide bonds. The highest BCUT2D eigenvalue weighted by Crippen LogP contribution is 2.30. The minimum Gasteiger partial charge on any atom is -0.488 e. The van der Waals surface area contributed by atoms with Crippen LogP contribution in [-0.2, 0) is 11.3 Å². The highest BCUT2D eigenvalue weighted by molar-refractivity contribution is 6.16. The minimum absolute atomic E-state index is 0.363. The van der Waals surface area contributed by atoms with Crippen molar-refractivity contribution in [2.24, 2.45) is 4.99 Å². The van der Waals surface area contributed by atoms with Gasteiger partial charge < -0.3 is 14.4 Å². The Kier molecular flexibility index (Phi) is 6.24. The van der Waals surface area contributed by atoms with E-state index in [1.807, 2.05) is 24.3 Å². The van der Waals surface area contributed by atoms with Gasteiger partial charge in [-0.1, -0.05) is 38.1 Å². The summed E-state index contributed by atoms with van der Waals surface area (Å²) in [7, 11) is 1.39. The van der Waals surface area contributed by atoms with Gasteiger partial charge in [0, 0.05) is 17.7 Å². The van der Waals surface area contributed by atoms with Crippen LogP contribution >= 0.6 is 0 Å². The zero-order valence-electron chi connectivity index (χ0n) is 16.2. The van der Waals surface area contributed by atoms with Crippen molar-refractivity contribution >= 4 is 11.7 Å². The van der Waals surface area contributed by atoms with Crippen LogP contribution in [0, 0.1) is 0 Å². The first-order chi connectivity index (χ1) is 13.2. The molecule has 0 N–H and O–H groups in total. The standard InChI is InChI=1S/C22H26N2O3/c1-4-24(5-2)13-12-23-21-18-9-7-6-8-17(18)15-27-20-11-10-16(14-19(20)21)22(25)26-3/h6-11,14H,4-5,12-13,15H2,1-3H3. The minimum atomic E-state index is -0.363. The van der Waals surface area contributed by atoms with Crippen molar-refractivity contribution in [1.29, 1.82) is 0 Å². The lowest BCUT2D eigenvalue weighted by Crippen LogP contribution is -2.26. The SMILES string of the molecule is CCN(CC)CCN=C1c2ccccc2COc2ccc(C(=O)OC)cc21. The summed E-state index contributed by atoms with van der Waals surface area (Å²) in [6, 6.07) is 13.5. The van der Waals surface area contributed by atoms with Gasteiger partial charge in [-0.2, -0.15) is 0 Å². The second kappa shape index (κ2) is 8.82. The Morgan fingerprint density at radius 3 is 2.67 bits per heavy atom. The molecule has 0 unspecified atom stereocenters. The number of esters is 1. The van der Waals surface area contributed by atoms with Gasteiger partial charge in [0.25, 0.3) is 0 Å². The topological polar surface area (TPSA) is 51.1 Å². The molecule has 1 heterocycles. The van der Waals surface area contributed by atoms with E-state index in [4.69, 9.17) is 14.5 Å². The molecule has 2 aromatic rings. The normalized spacial score (nSPS) is 14.3. The van der Waals surface area contributed by atoms with Crippen molar-refractivity contribution in [3.8, 4) is 5.75 Å². The molecule has 0 saturated carbocycles. The Bertz CT molecular complexity index is 841. The molecule has 0 spiro atoms. The van der Waals surface area contributed by atoms with Crippen LogP contribution < -0.4 is 4.74 Å². The molecule has 0 fully saturated rings. The van der Waals surface area contributed by atoms with Gasteiger partial charge in [-0.15, -0.1) is 0 Å². The first-order valence-electron chi connectivity index (χ1n) is 9.38. The van der Waals surface area contributed by atoms with Crippen molar-refractivity contribution < 1.29 is 14.3 Å². The molecule has 0 bridgehead atoms. The summed E-state index contributed by atoms with van der Waals surface area (Å²) in [6.07, 6.45) is 0. The monoisotopic (exact) mass is 366 g/mol. The van der Waals surface area contributed by atoms with Crippen molar-refractivity contribution in [2.45, 2.75) is 20.5 Å². The van der Waals surface area contributed by atoms with E-state index in [0.717, 1.165) is 47.8 Å². The lowest BCUT2D eigenvalue weighted by Gasteiger charge is -2.17. The number of aliphatic imine (C=N–C) groups is 1. The molecule has 1 aliphatic rings. The van der Waals surface area contributed by atoms with Gasteiger partial charge in [0.15, 0.2) is 0 Å². The molecule has 5 nitrogen and oxygen atoms in total. The largest absolute Gasteiger partial charge is 0.488 e. The fourth-order valence-corrected chi connectivity index (χ4v) is 3.28. The van der Waals surface area contributed by atoms with Gasteiger partial charge in [0.2, 0.25) is 0 Å². The molecule has 27 heavy (non-hydrogen) atoms. The summed E-state index contributed by atoms with van der Waals surface area (Å²) in [5, 5.41) is 0. The summed E-state index contributed by atoms with van der Waals surface area (Å²) in [6.45, 7) is 8.38. The van der Waals surface area contributed by atoms with Crippen LogP contribution in [0.5, 0.6) is 5.75 Å². The number of methoxy groups -OCH3 is 1. The molecule has 0 saturated heterocycles. The summed E-state index contributed by atoms with van der Waals surface area (Å²) < 4.78 is 10.9. The maximum atomic E-state index is 12.0. The molecule has 1 aliphatic heterocycles. The predicted octanol–water partition coefficient (Wildman–Crippen LogP) is 3.54. The maximum Gasteiger partial charge on any atom is 0.337 e. The van der Waals surface area contributed by atoms with Gasteiger partial charge in [0.05, 0.1) is 24.9 Å². The fraction of sp³-hybridized carbons (Fsp3) is 0.364. The van der Waals surface area contributed by atoms with E-state index in [0.29, 0.717) is 18.7 Å². The van der Waals surface area contributed by atoms with Crippen LogP contribution in [0.15, 0.2) is 47.5 Å².